The molecule has 2 amide bonds. The Morgan fingerprint density at radius 2 is 1.67 bits per heavy atom. The summed E-state index contributed by atoms with van der Waals surface area (Å²) in [6.45, 7) is 12.9. The third-order valence-corrected chi connectivity index (χ3v) is 9.12. The first-order valence-electron chi connectivity index (χ1n) is 16.3. The van der Waals surface area contributed by atoms with Crippen molar-refractivity contribution in [1.82, 2.24) is 29.6 Å². The van der Waals surface area contributed by atoms with Crippen LogP contribution in [0.2, 0.25) is 0 Å². The molecule has 2 N–H and O–H groups in total. The molecule has 45 heavy (non-hydrogen) atoms. The number of piperazine rings is 1. The van der Waals surface area contributed by atoms with Gasteiger partial charge in [0.2, 0.25) is 11.5 Å². The number of carbonyl (C=O) groups excluding carboxylic acids is 2. The van der Waals surface area contributed by atoms with Gasteiger partial charge in [-0.05, 0) is 54.5 Å². The number of hydrogen-bond donors (Lipinski definition) is 2. The highest BCUT2D eigenvalue weighted by Crippen LogP contribution is 2.27. The molecule has 2 aromatic heterocycles. The molecule has 2 aliphatic heterocycles. The summed E-state index contributed by atoms with van der Waals surface area (Å²) in [5.41, 5.74) is 4.54. The topological polar surface area (TPSA) is 103 Å². The second-order valence-corrected chi connectivity index (χ2v) is 12.3. The Labute approximate surface area is 266 Å². The highest BCUT2D eigenvalue weighted by atomic mass is 16.2. The lowest BCUT2D eigenvalue weighted by Crippen LogP contribution is -2.49. The summed E-state index contributed by atoms with van der Waals surface area (Å²) in [5.74, 6) is 0.171. The van der Waals surface area contributed by atoms with Gasteiger partial charge in [-0.25, -0.2) is 4.98 Å². The third-order valence-electron chi connectivity index (χ3n) is 9.12. The molecule has 2 saturated heterocycles. The van der Waals surface area contributed by atoms with E-state index in [4.69, 9.17) is 0 Å². The minimum Gasteiger partial charge on any atom is -0.337 e. The molecule has 2 fully saturated rings. The van der Waals surface area contributed by atoms with Crippen molar-refractivity contribution in [2.75, 3.05) is 64.2 Å². The van der Waals surface area contributed by atoms with Crippen molar-refractivity contribution in [1.29, 1.82) is 0 Å². The van der Waals surface area contributed by atoms with Crippen LogP contribution >= 0.6 is 0 Å². The first kappa shape index (κ1) is 32.5. The van der Waals surface area contributed by atoms with Crippen LogP contribution < -0.4 is 16.2 Å². The second kappa shape index (κ2) is 15.4. The number of pyridine rings is 2. The van der Waals surface area contributed by atoms with E-state index in [1.165, 1.54) is 16.2 Å². The Morgan fingerprint density at radius 1 is 0.911 bits per heavy atom. The van der Waals surface area contributed by atoms with Gasteiger partial charge in [-0.3, -0.25) is 14.4 Å². The van der Waals surface area contributed by atoms with Crippen molar-refractivity contribution < 1.29 is 9.59 Å². The lowest BCUT2D eigenvalue weighted by molar-refractivity contribution is -0.115. The zero-order chi connectivity index (χ0) is 31.8. The smallest absolute Gasteiger partial charge is 0.274 e. The molecule has 0 saturated carbocycles. The van der Waals surface area contributed by atoms with Crippen LogP contribution in [0, 0.1) is 5.92 Å². The highest BCUT2D eigenvalue weighted by Gasteiger charge is 2.28. The van der Waals surface area contributed by atoms with Crippen molar-refractivity contribution in [2.24, 2.45) is 13.0 Å². The number of likely N-dealkylation sites (tertiary alicyclic amines) is 1. The van der Waals surface area contributed by atoms with Gasteiger partial charge in [0, 0.05) is 83.4 Å². The van der Waals surface area contributed by atoms with Gasteiger partial charge in [-0.2, -0.15) is 0 Å². The molecule has 10 nitrogen and oxygen atoms in total. The molecule has 2 aliphatic rings. The summed E-state index contributed by atoms with van der Waals surface area (Å²) in [7, 11) is 1.70. The number of piperidine rings is 1. The van der Waals surface area contributed by atoms with Gasteiger partial charge in [0.25, 0.3) is 5.91 Å². The Bertz CT molecular complexity index is 1520. The first-order valence-corrected chi connectivity index (χ1v) is 16.3. The zero-order valence-corrected chi connectivity index (χ0v) is 26.9. The number of nitrogens with zero attached hydrogens (tertiary/aromatic N) is 5. The number of rotatable bonds is 11. The maximum absolute atomic E-state index is 13.8. The highest BCUT2D eigenvalue weighted by molar-refractivity contribution is 6.03. The van der Waals surface area contributed by atoms with Gasteiger partial charge >= 0.3 is 0 Å². The van der Waals surface area contributed by atoms with Crippen molar-refractivity contribution in [3.8, 4) is 11.1 Å². The van der Waals surface area contributed by atoms with Crippen LogP contribution in [-0.2, 0) is 24.8 Å². The minimum absolute atomic E-state index is 0.0456. The van der Waals surface area contributed by atoms with Gasteiger partial charge in [0.15, 0.2) is 5.69 Å². The van der Waals surface area contributed by atoms with Crippen molar-refractivity contribution in [2.45, 2.75) is 39.7 Å². The van der Waals surface area contributed by atoms with Crippen LogP contribution in [0.15, 0.2) is 59.7 Å². The maximum atomic E-state index is 13.8. The molecule has 0 unspecified atom stereocenters. The maximum Gasteiger partial charge on any atom is 0.274 e. The van der Waals surface area contributed by atoms with Crippen LogP contribution in [0.3, 0.4) is 0 Å². The number of carbonyl (C=O) groups is 2. The van der Waals surface area contributed by atoms with E-state index in [0.29, 0.717) is 31.2 Å². The average Bonchev–Trinajstić information content (AvgIpc) is 3.07. The normalized spacial score (nSPS) is 16.6. The lowest BCUT2D eigenvalue weighted by atomic mass is 9.95. The standard InChI is InChI=1S/C35H47N7O3/c1-4-26-7-6-8-29(19-26)30-20-31(38-32(43)23-36-21-28-9-10-33(44)39(3)24-28)34(37-22-30)35(45)42-13-11-27(12-14-42)25-41-17-15-40(5-2)16-18-41/h6-10,19-20,22,24,27,36H,4-5,11-18,21,23,25H2,1-3H3,(H,38,43). The summed E-state index contributed by atoms with van der Waals surface area (Å²) in [6, 6.07) is 13.4. The van der Waals surface area contributed by atoms with E-state index < -0.39 is 0 Å². The molecule has 4 heterocycles. The summed E-state index contributed by atoms with van der Waals surface area (Å²) in [6.07, 6.45) is 6.33. The third kappa shape index (κ3) is 8.65. The van der Waals surface area contributed by atoms with Gasteiger partial charge in [0.1, 0.15) is 0 Å². The number of anilines is 1. The van der Waals surface area contributed by atoms with Crippen LogP contribution in [0.5, 0.6) is 0 Å². The fourth-order valence-corrected chi connectivity index (χ4v) is 6.25. The summed E-state index contributed by atoms with van der Waals surface area (Å²) >= 11 is 0. The first-order chi connectivity index (χ1) is 21.8. The van der Waals surface area contributed by atoms with Crippen molar-refractivity contribution in [3.05, 3.63) is 82.0 Å². The Hall–Kier alpha value is -3.86. The largest absolute Gasteiger partial charge is 0.337 e. The SMILES string of the molecule is CCc1cccc(-c2cnc(C(=O)N3CCC(CN4CCN(CC)CC4)CC3)c(NC(=O)CNCc3ccc(=O)n(C)c3)c2)c1. The summed E-state index contributed by atoms with van der Waals surface area (Å²) in [5, 5.41) is 6.11. The van der Waals surface area contributed by atoms with Gasteiger partial charge in [-0.15, -0.1) is 0 Å². The van der Waals surface area contributed by atoms with E-state index in [-0.39, 0.29) is 29.6 Å². The molecule has 0 bridgehead atoms. The second-order valence-electron chi connectivity index (χ2n) is 12.3. The molecule has 0 spiro atoms. The Balaban J connectivity index is 1.25. The number of amides is 2. The van der Waals surface area contributed by atoms with Crippen LogP contribution in [-0.4, -0.2) is 95.0 Å². The monoisotopic (exact) mass is 613 g/mol. The van der Waals surface area contributed by atoms with Crippen LogP contribution in [0.25, 0.3) is 11.1 Å². The Kier molecular flexibility index (Phi) is 11.2. The van der Waals surface area contributed by atoms with E-state index in [9.17, 15) is 14.4 Å². The molecule has 0 radical (unpaired) electrons. The number of likely N-dealkylation sites (N-methyl/N-ethyl adjacent to an activating group) is 1. The van der Waals surface area contributed by atoms with Crippen molar-refractivity contribution in [3.63, 3.8) is 0 Å². The van der Waals surface area contributed by atoms with E-state index in [1.54, 1.807) is 25.5 Å². The molecular weight excluding hydrogens is 566 g/mol. The number of hydrogen-bond acceptors (Lipinski definition) is 7. The number of aromatic nitrogens is 2. The van der Waals surface area contributed by atoms with Crippen LogP contribution in [0.4, 0.5) is 5.69 Å². The van der Waals surface area contributed by atoms with Gasteiger partial charge < -0.3 is 29.9 Å². The molecule has 5 rings (SSSR count). The molecule has 0 atom stereocenters. The van der Waals surface area contributed by atoms with E-state index in [1.807, 2.05) is 23.1 Å². The zero-order valence-electron chi connectivity index (χ0n) is 26.9. The number of nitrogens with one attached hydrogen (secondary N) is 2. The van der Waals surface area contributed by atoms with E-state index >= 15 is 0 Å². The fraction of sp³-hybridized carbons (Fsp3) is 0.486. The number of benzene rings is 1. The lowest BCUT2D eigenvalue weighted by Gasteiger charge is -2.38. The summed E-state index contributed by atoms with van der Waals surface area (Å²) < 4.78 is 1.51. The molecule has 240 valence electrons. The molecule has 3 aromatic rings. The van der Waals surface area contributed by atoms with Crippen molar-refractivity contribution >= 4 is 17.5 Å². The van der Waals surface area contributed by atoms with Gasteiger partial charge in [0.05, 0.1) is 12.2 Å². The minimum atomic E-state index is -0.267. The average molecular weight is 614 g/mol. The quantitative estimate of drug-likeness (QED) is 0.343. The number of aryl methyl sites for hydroxylation is 2. The molecular formula is C35H47N7O3. The fourth-order valence-electron chi connectivity index (χ4n) is 6.25. The van der Waals surface area contributed by atoms with Crippen LogP contribution in [0.1, 0.15) is 48.3 Å². The molecule has 10 heteroatoms. The van der Waals surface area contributed by atoms with E-state index in [0.717, 1.165) is 75.2 Å². The molecule has 0 aliphatic carbocycles. The Morgan fingerprint density at radius 3 is 2.38 bits per heavy atom. The van der Waals surface area contributed by atoms with Gasteiger partial charge in [-0.1, -0.05) is 44.2 Å². The predicted molar refractivity (Wildman–Crippen MR) is 178 cm³/mol. The van der Waals surface area contributed by atoms with E-state index in [2.05, 4.69) is 51.4 Å². The predicted octanol–water partition coefficient (Wildman–Crippen LogP) is 3.23. The summed E-state index contributed by atoms with van der Waals surface area (Å²) in [4.78, 5) is 50.2. The molecule has 1 aromatic carbocycles.